The summed E-state index contributed by atoms with van der Waals surface area (Å²) >= 11 is 0. The maximum absolute atomic E-state index is 5.82. The van der Waals surface area contributed by atoms with Crippen LogP contribution in [0.25, 0.3) is 0 Å². The van der Waals surface area contributed by atoms with Crippen molar-refractivity contribution < 1.29 is 9.47 Å². The van der Waals surface area contributed by atoms with Crippen molar-refractivity contribution in [2.75, 3.05) is 26.1 Å². The molecule has 19 heavy (non-hydrogen) atoms. The number of benzene rings is 1. The number of hydrogen-bond acceptors (Lipinski definition) is 3. The van der Waals surface area contributed by atoms with E-state index in [0.717, 1.165) is 11.4 Å². The largest absolute Gasteiger partial charge is 0.495 e. The van der Waals surface area contributed by atoms with E-state index < -0.39 is 0 Å². The van der Waals surface area contributed by atoms with Gasteiger partial charge in [-0.25, -0.2) is 0 Å². The quantitative estimate of drug-likeness (QED) is 0.469. The molecular weight excluding hydrogens is 357 g/mol. The van der Waals surface area contributed by atoms with E-state index in [4.69, 9.17) is 15.2 Å². The van der Waals surface area contributed by atoms with Gasteiger partial charge in [0, 0.05) is 7.11 Å². The molecule has 0 saturated heterocycles. The zero-order valence-electron chi connectivity index (χ0n) is 11.8. The Morgan fingerprint density at radius 3 is 2.53 bits per heavy atom. The molecule has 0 amide bonds. The number of ether oxygens (including phenoxy) is 2. The number of guanidine groups is 1. The molecule has 1 aromatic carbocycles. The zero-order chi connectivity index (χ0) is 13.6. The third-order valence-corrected chi connectivity index (χ3v) is 2.55. The highest BCUT2D eigenvalue weighted by Gasteiger charge is 2.15. The van der Waals surface area contributed by atoms with Gasteiger partial charge in [0.15, 0.2) is 5.96 Å². The highest BCUT2D eigenvalue weighted by molar-refractivity contribution is 14.0. The first-order valence-corrected chi connectivity index (χ1v) is 5.73. The number of halogens is 1. The van der Waals surface area contributed by atoms with Gasteiger partial charge in [-0.1, -0.05) is 12.1 Å². The number of para-hydroxylation sites is 2. The van der Waals surface area contributed by atoms with E-state index in [-0.39, 0.29) is 29.6 Å². The van der Waals surface area contributed by atoms with Gasteiger partial charge in [0.25, 0.3) is 0 Å². The van der Waals surface area contributed by atoms with Crippen LogP contribution in [-0.4, -0.2) is 32.3 Å². The van der Waals surface area contributed by atoms with Crippen molar-refractivity contribution in [3.8, 4) is 5.75 Å². The molecule has 0 aliphatic carbocycles. The van der Waals surface area contributed by atoms with Gasteiger partial charge in [0.1, 0.15) is 5.75 Å². The molecule has 1 rings (SSSR count). The van der Waals surface area contributed by atoms with Crippen molar-refractivity contribution in [1.82, 2.24) is 0 Å². The van der Waals surface area contributed by atoms with Gasteiger partial charge in [-0.05, 0) is 26.0 Å². The van der Waals surface area contributed by atoms with Crippen molar-refractivity contribution in [2.45, 2.75) is 19.4 Å². The van der Waals surface area contributed by atoms with E-state index in [1.807, 2.05) is 38.1 Å². The number of hydrogen-bond donors (Lipinski definition) is 2. The fraction of sp³-hybridized carbons (Fsp3) is 0.462. The first-order chi connectivity index (χ1) is 8.48. The summed E-state index contributed by atoms with van der Waals surface area (Å²) in [5, 5.41) is 3.01. The second kappa shape index (κ2) is 8.21. The molecule has 0 saturated carbocycles. The van der Waals surface area contributed by atoms with Crippen molar-refractivity contribution in [3.63, 3.8) is 0 Å². The molecule has 0 aliphatic rings. The Hall–Kier alpha value is -1.02. The number of nitrogens with two attached hydrogens (primary N) is 1. The zero-order valence-corrected chi connectivity index (χ0v) is 14.1. The predicted molar refractivity (Wildman–Crippen MR) is 89.6 cm³/mol. The molecule has 3 N–H and O–H groups in total. The third-order valence-electron chi connectivity index (χ3n) is 2.55. The summed E-state index contributed by atoms with van der Waals surface area (Å²) in [5.74, 6) is 1.06. The minimum atomic E-state index is -0.326. The molecule has 108 valence electrons. The molecule has 0 fully saturated rings. The van der Waals surface area contributed by atoms with Crippen LogP contribution >= 0.6 is 24.0 Å². The molecule has 6 heteroatoms. The Bertz CT molecular complexity index is 422. The van der Waals surface area contributed by atoms with Gasteiger partial charge in [-0.3, -0.25) is 4.99 Å². The minimum absolute atomic E-state index is 0. The fourth-order valence-electron chi connectivity index (χ4n) is 1.27. The average molecular weight is 379 g/mol. The highest BCUT2D eigenvalue weighted by Crippen LogP contribution is 2.22. The summed E-state index contributed by atoms with van der Waals surface area (Å²) in [5.41, 5.74) is 6.28. The van der Waals surface area contributed by atoms with Gasteiger partial charge in [-0.15, -0.1) is 24.0 Å². The number of nitrogens with one attached hydrogen (secondary N) is 1. The van der Waals surface area contributed by atoms with E-state index in [0.29, 0.717) is 12.5 Å². The van der Waals surface area contributed by atoms with Crippen molar-refractivity contribution >= 4 is 35.6 Å². The Kier molecular flexibility index (Phi) is 7.77. The van der Waals surface area contributed by atoms with Gasteiger partial charge in [-0.2, -0.15) is 0 Å². The lowest BCUT2D eigenvalue weighted by Crippen LogP contribution is -2.30. The van der Waals surface area contributed by atoms with Crippen molar-refractivity contribution in [2.24, 2.45) is 10.7 Å². The molecule has 0 atom stereocenters. The molecule has 0 radical (unpaired) electrons. The molecule has 0 aliphatic heterocycles. The average Bonchev–Trinajstić information content (AvgIpc) is 2.37. The summed E-state index contributed by atoms with van der Waals surface area (Å²) < 4.78 is 10.5. The summed E-state index contributed by atoms with van der Waals surface area (Å²) in [4.78, 5) is 4.24. The minimum Gasteiger partial charge on any atom is -0.495 e. The van der Waals surface area contributed by atoms with Crippen molar-refractivity contribution in [1.29, 1.82) is 0 Å². The number of methoxy groups -OCH3 is 2. The topological polar surface area (TPSA) is 68.9 Å². The third kappa shape index (κ3) is 6.11. The summed E-state index contributed by atoms with van der Waals surface area (Å²) in [6.07, 6.45) is 0. The van der Waals surface area contributed by atoms with E-state index >= 15 is 0 Å². The number of rotatable bonds is 5. The second-order valence-corrected chi connectivity index (χ2v) is 4.49. The number of anilines is 1. The van der Waals surface area contributed by atoms with E-state index in [2.05, 4.69) is 10.3 Å². The van der Waals surface area contributed by atoms with Crippen LogP contribution in [0.2, 0.25) is 0 Å². The van der Waals surface area contributed by atoms with Crippen molar-refractivity contribution in [3.05, 3.63) is 24.3 Å². The molecule has 5 nitrogen and oxygen atoms in total. The molecule has 0 bridgehead atoms. The van der Waals surface area contributed by atoms with E-state index in [9.17, 15) is 0 Å². The highest BCUT2D eigenvalue weighted by atomic mass is 127. The Morgan fingerprint density at radius 2 is 1.95 bits per heavy atom. The second-order valence-electron chi connectivity index (χ2n) is 4.49. The molecule has 0 unspecified atom stereocenters. The predicted octanol–water partition coefficient (Wildman–Crippen LogP) is 2.46. The normalized spacial score (nSPS) is 11.7. The molecule has 0 spiro atoms. The van der Waals surface area contributed by atoms with Gasteiger partial charge < -0.3 is 20.5 Å². The van der Waals surface area contributed by atoms with Crippen LogP contribution in [-0.2, 0) is 4.74 Å². The number of aliphatic imine (C=N–C) groups is 1. The summed E-state index contributed by atoms with van der Waals surface area (Å²) in [7, 11) is 3.27. The summed E-state index contributed by atoms with van der Waals surface area (Å²) in [6.45, 7) is 4.39. The van der Waals surface area contributed by atoms with E-state index in [1.54, 1.807) is 14.2 Å². The lowest BCUT2D eigenvalue weighted by Gasteiger charge is -2.20. The van der Waals surface area contributed by atoms with Gasteiger partial charge in [0.2, 0.25) is 0 Å². The lowest BCUT2D eigenvalue weighted by atomic mass is 10.1. The Morgan fingerprint density at radius 1 is 1.32 bits per heavy atom. The van der Waals surface area contributed by atoms with Crippen LogP contribution in [0.1, 0.15) is 13.8 Å². The molecular formula is C13H22IN3O2. The molecule has 0 aromatic heterocycles. The van der Waals surface area contributed by atoms with Gasteiger partial charge >= 0.3 is 0 Å². The van der Waals surface area contributed by atoms with Gasteiger partial charge in [0.05, 0.1) is 24.9 Å². The monoisotopic (exact) mass is 379 g/mol. The fourth-order valence-corrected chi connectivity index (χ4v) is 1.27. The van der Waals surface area contributed by atoms with E-state index in [1.165, 1.54) is 0 Å². The van der Waals surface area contributed by atoms with Crippen LogP contribution in [0.5, 0.6) is 5.75 Å². The lowest BCUT2D eigenvalue weighted by molar-refractivity contribution is 0.0312. The first kappa shape index (κ1) is 18.0. The Labute approximate surface area is 131 Å². The van der Waals surface area contributed by atoms with Crippen LogP contribution in [0.4, 0.5) is 5.69 Å². The maximum atomic E-state index is 5.82. The van der Waals surface area contributed by atoms with Crippen LogP contribution in [0.3, 0.4) is 0 Å². The molecule has 0 heterocycles. The first-order valence-electron chi connectivity index (χ1n) is 5.73. The van der Waals surface area contributed by atoms with Crippen LogP contribution in [0.15, 0.2) is 29.3 Å². The number of nitrogens with zero attached hydrogens (tertiary/aromatic N) is 1. The van der Waals surface area contributed by atoms with Crippen LogP contribution in [0, 0.1) is 0 Å². The van der Waals surface area contributed by atoms with Crippen LogP contribution < -0.4 is 15.8 Å². The summed E-state index contributed by atoms with van der Waals surface area (Å²) in [6, 6.07) is 7.53. The SMILES string of the molecule is COc1ccccc1NC(N)=NCC(C)(C)OC.I. The smallest absolute Gasteiger partial charge is 0.193 e. The maximum Gasteiger partial charge on any atom is 0.193 e. The molecule has 1 aromatic rings. The standard InChI is InChI=1S/C13H21N3O2.HI/c1-13(2,18-4)9-15-12(14)16-10-7-5-6-8-11(10)17-3;/h5-8H,9H2,1-4H3,(H3,14,15,16);1H. The Balaban J connectivity index is 0.00000324.